The number of pyridine rings is 1. The molecule has 0 saturated heterocycles. The summed E-state index contributed by atoms with van der Waals surface area (Å²) < 4.78 is 2.13. The summed E-state index contributed by atoms with van der Waals surface area (Å²) in [6.07, 6.45) is 3.74. The maximum Gasteiger partial charge on any atom is 0.104 e. The van der Waals surface area contributed by atoms with Crippen LogP contribution in [0.5, 0.6) is 0 Å². The van der Waals surface area contributed by atoms with Gasteiger partial charge in [-0.15, -0.1) is 0 Å². The van der Waals surface area contributed by atoms with Crippen LogP contribution in [-0.2, 0) is 6.54 Å². The van der Waals surface area contributed by atoms with E-state index in [9.17, 15) is 5.11 Å². The lowest BCUT2D eigenvalue weighted by atomic mass is 10.1. The Hall–Kier alpha value is -2.09. The summed E-state index contributed by atoms with van der Waals surface area (Å²) in [5, 5.41) is 18.7. The van der Waals surface area contributed by atoms with Gasteiger partial charge in [0.1, 0.15) is 5.69 Å². The van der Waals surface area contributed by atoms with Crippen LogP contribution in [0.3, 0.4) is 0 Å². The number of aliphatic hydroxyl groups excluding tert-OH is 1. The molecule has 0 amide bonds. The Morgan fingerprint density at radius 3 is 2.85 bits per heavy atom. The predicted molar refractivity (Wildman–Crippen MR) is 110 cm³/mol. The number of fused-ring (bicyclic) bond motifs is 2. The van der Waals surface area contributed by atoms with Gasteiger partial charge in [0.2, 0.25) is 0 Å². The van der Waals surface area contributed by atoms with Gasteiger partial charge in [-0.3, -0.25) is 9.67 Å². The smallest absolute Gasteiger partial charge is 0.104 e. The molecule has 0 atom stereocenters. The molecule has 7 heteroatoms. The predicted octanol–water partition coefficient (Wildman–Crippen LogP) is 3.31. The van der Waals surface area contributed by atoms with Gasteiger partial charge in [0.15, 0.2) is 0 Å². The van der Waals surface area contributed by atoms with Gasteiger partial charge in [0, 0.05) is 51.9 Å². The van der Waals surface area contributed by atoms with Crippen molar-refractivity contribution in [2.45, 2.75) is 30.2 Å². The number of anilines is 1. The molecule has 0 saturated carbocycles. The van der Waals surface area contributed by atoms with E-state index in [0.29, 0.717) is 6.54 Å². The lowest BCUT2D eigenvalue weighted by Gasteiger charge is -2.19. The zero-order valence-corrected chi connectivity index (χ0v) is 16.6. The van der Waals surface area contributed by atoms with Crippen molar-refractivity contribution >= 4 is 28.4 Å². The minimum Gasteiger partial charge on any atom is -0.395 e. The summed E-state index contributed by atoms with van der Waals surface area (Å²) in [4.78, 5) is 9.09. The van der Waals surface area contributed by atoms with Crippen LogP contribution < -0.4 is 5.32 Å². The van der Waals surface area contributed by atoms with Crippen LogP contribution in [0.4, 0.5) is 5.69 Å². The van der Waals surface area contributed by atoms with Crippen molar-refractivity contribution in [1.82, 2.24) is 19.7 Å². The average Bonchev–Trinajstić information content (AvgIpc) is 3.08. The molecule has 0 bridgehead atoms. The third-order valence-corrected chi connectivity index (χ3v) is 6.27. The minimum atomic E-state index is 0.110. The van der Waals surface area contributed by atoms with Gasteiger partial charge >= 0.3 is 0 Å². The van der Waals surface area contributed by atoms with Gasteiger partial charge in [0.05, 0.1) is 18.7 Å². The number of aromatic nitrogens is 3. The highest BCUT2D eigenvalue weighted by Crippen LogP contribution is 2.50. The largest absolute Gasteiger partial charge is 0.395 e. The molecule has 142 valence electrons. The van der Waals surface area contributed by atoms with E-state index in [-0.39, 0.29) is 6.61 Å². The second kappa shape index (κ2) is 7.88. The van der Waals surface area contributed by atoms with E-state index in [1.807, 2.05) is 18.5 Å². The zero-order chi connectivity index (χ0) is 18.8. The number of likely N-dealkylation sites (N-methyl/N-ethyl adjacent to an activating group) is 1. The molecule has 4 rings (SSSR count). The van der Waals surface area contributed by atoms with E-state index in [2.05, 4.69) is 45.9 Å². The summed E-state index contributed by atoms with van der Waals surface area (Å²) >= 11 is 1.75. The van der Waals surface area contributed by atoms with Crippen molar-refractivity contribution < 1.29 is 5.11 Å². The van der Waals surface area contributed by atoms with Crippen molar-refractivity contribution in [3.63, 3.8) is 0 Å². The highest BCUT2D eigenvalue weighted by Gasteiger charge is 2.26. The van der Waals surface area contributed by atoms with Gasteiger partial charge in [-0.1, -0.05) is 25.6 Å². The first-order valence-electron chi connectivity index (χ1n) is 9.49. The first-order chi connectivity index (χ1) is 13.3. The number of hydrogen-bond acceptors (Lipinski definition) is 6. The first kappa shape index (κ1) is 18.3. The highest BCUT2D eigenvalue weighted by atomic mass is 32.2. The van der Waals surface area contributed by atoms with E-state index in [0.717, 1.165) is 48.6 Å². The monoisotopic (exact) mass is 383 g/mol. The molecule has 2 N–H and O–H groups in total. The molecular weight excluding hydrogens is 358 g/mol. The van der Waals surface area contributed by atoms with Crippen LogP contribution in [0.2, 0.25) is 0 Å². The minimum absolute atomic E-state index is 0.110. The molecule has 0 radical (unpaired) electrons. The summed E-state index contributed by atoms with van der Waals surface area (Å²) in [5.41, 5.74) is 4.31. The lowest BCUT2D eigenvalue weighted by Crippen LogP contribution is -2.27. The third-order valence-electron chi connectivity index (χ3n) is 5.07. The molecule has 6 nitrogen and oxygen atoms in total. The number of hydrogen-bond donors (Lipinski definition) is 2. The molecule has 1 aromatic carbocycles. The highest BCUT2D eigenvalue weighted by molar-refractivity contribution is 8.00. The van der Waals surface area contributed by atoms with Crippen molar-refractivity contribution in [2.24, 2.45) is 0 Å². The van der Waals surface area contributed by atoms with E-state index < -0.39 is 0 Å². The van der Waals surface area contributed by atoms with Gasteiger partial charge in [-0.25, -0.2) is 0 Å². The Kier molecular flexibility index (Phi) is 5.33. The lowest BCUT2D eigenvalue weighted by molar-refractivity contribution is 0.287. The maximum absolute atomic E-state index is 9.20. The van der Waals surface area contributed by atoms with Crippen molar-refractivity contribution in [3.05, 3.63) is 30.6 Å². The molecule has 3 heterocycles. The van der Waals surface area contributed by atoms with Crippen molar-refractivity contribution in [3.8, 4) is 11.3 Å². The molecule has 0 spiro atoms. The van der Waals surface area contributed by atoms with E-state index in [4.69, 9.17) is 5.10 Å². The number of aliphatic hydroxyl groups is 1. The van der Waals surface area contributed by atoms with Crippen LogP contribution in [0.15, 0.2) is 40.4 Å². The first-order valence-corrected chi connectivity index (χ1v) is 10.3. The molecule has 2 aromatic heterocycles. The molecule has 27 heavy (non-hydrogen) atoms. The average molecular weight is 384 g/mol. The Labute approximate surface area is 163 Å². The van der Waals surface area contributed by atoms with Crippen LogP contribution in [0.25, 0.3) is 22.2 Å². The summed E-state index contributed by atoms with van der Waals surface area (Å²) in [6.45, 7) is 8.97. The second-order valence-corrected chi connectivity index (χ2v) is 7.61. The van der Waals surface area contributed by atoms with Crippen LogP contribution in [0, 0.1) is 0 Å². The molecule has 0 aliphatic carbocycles. The molecular formula is C20H25N5OS. The Balaban J connectivity index is 1.82. The molecule has 0 fully saturated rings. The standard InChI is InChI=1S/C20H25N5OS/c1-3-24(4-2)10-11-25-16-6-5-15(22-9-12-26)20-18(16)19(23-25)14-13-21-8-7-17(14)27-20/h5-8,13,22,26H,3-4,9-12H2,1-2H3. The van der Waals surface area contributed by atoms with Crippen LogP contribution in [0.1, 0.15) is 13.8 Å². The van der Waals surface area contributed by atoms with Crippen molar-refractivity contribution in [2.75, 3.05) is 38.1 Å². The number of nitrogens with one attached hydrogen (secondary N) is 1. The maximum atomic E-state index is 9.20. The Morgan fingerprint density at radius 1 is 1.22 bits per heavy atom. The number of nitrogens with zero attached hydrogens (tertiary/aromatic N) is 4. The van der Waals surface area contributed by atoms with Gasteiger partial charge in [-0.05, 0) is 31.3 Å². The third kappa shape index (κ3) is 3.31. The summed E-state index contributed by atoms with van der Waals surface area (Å²) in [7, 11) is 0. The van der Waals surface area contributed by atoms with Crippen LogP contribution in [-0.4, -0.2) is 57.6 Å². The Morgan fingerprint density at radius 2 is 2.07 bits per heavy atom. The van der Waals surface area contributed by atoms with E-state index >= 15 is 0 Å². The van der Waals surface area contributed by atoms with E-state index in [1.165, 1.54) is 15.2 Å². The van der Waals surface area contributed by atoms with E-state index in [1.54, 1.807) is 11.8 Å². The topological polar surface area (TPSA) is 66.2 Å². The fraction of sp³-hybridized carbons (Fsp3) is 0.400. The quantitative estimate of drug-likeness (QED) is 0.487. The van der Waals surface area contributed by atoms with Crippen LogP contribution >= 0.6 is 11.8 Å². The molecule has 3 aromatic rings. The second-order valence-electron chi connectivity index (χ2n) is 6.56. The molecule has 1 aliphatic heterocycles. The molecule has 0 unspecified atom stereocenters. The zero-order valence-electron chi connectivity index (χ0n) is 15.8. The fourth-order valence-electron chi connectivity index (χ4n) is 3.57. The summed E-state index contributed by atoms with van der Waals surface area (Å²) in [5.74, 6) is 0. The van der Waals surface area contributed by atoms with Gasteiger partial charge < -0.3 is 15.3 Å². The normalized spacial score (nSPS) is 12.6. The summed E-state index contributed by atoms with van der Waals surface area (Å²) in [6, 6.07) is 6.29. The van der Waals surface area contributed by atoms with Gasteiger partial charge in [0.25, 0.3) is 0 Å². The van der Waals surface area contributed by atoms with Gasteiger partial charge in [-0.2, -0.15) is 5.10 Å². The number of rotatable bonds is 8. The Bertz CT molecular complexity index is 951. The SMILES string of the molecule is CCN(CC)CCn1nc2c3c(c(NCCO)ccc31)Sc1ccncc1-2. The number of benzene rings is 1. The van der Waals surface area contributed by atoms with Crippen molar-refractivity contribution in [1.29, 1.82) is 0 Å². The molecule has 1 aliphatic rings. The fourth-order valence-corrected chi connectivity index (χ4v) is 4.73.